The van der Waals surface area contributed by atoms with Crippen molar-refractivity contribution in [1.29, 1.82) is 0 Å². The Balaban J connectivity index is 1.09. The maximum absolute atomic E-state index is 6.42. The van der Waals surface area contributed by atoms with E-state index in [1.807, 2.05) is 23.5 Å². The second-order valence-electron chi connectivity index (χ2n) is 14.9. The van der Waals surface area contributed by atoms with Crippen LogP contribution in [0.4, 0.5) is 34.1 Å². The molecule has 0 unspecified atom stereocenters. The van der Waals surface area contributed by atoms with Gasteiger partial charge in [0, 0.05) is 70.8 Å². The normalized spacial score (nSPS) is 11.8. The maximum Gasteiger partial charge on any atom is 0.137 e. The van der Waals surface area contributed by atoms with Gasteiger partial charge in [0.1, 0.15) is 11.2 Å². The molecule has 272 valence electrons. The van der Waals surface area contributed by atoms with E-state index in [0.29, 0.717) is 0 Å². The van der Waals surface area contributed by atoms with Crippen molar-refractivity contribution in [3.63, 3.8) is 0 Å². The van der Waals surface area contributed by atoms with E-state index < -0.39 is 0 Å². The minimum Gasteiger partial charge on any atom is -0.456 e. The number of nitrogens with zero attached hydrogens (tertiary/aromatic N) is 2. The summed E-state index contributed by atoms with van der Waals surface area (Å²) in [5.74, 6) is 0. The number of furan rings is 1. The molecule has 10 aromatic carbocycles. The zero-order chi connectivity index (χ0) is 38.2. The van der Waals surface area contributed by atoms with Crippen molar-refractivity contribution in [3.05, 3.63) is 206 Å². The zero-order valence-electron chi connectivity index (χ0n) is 31.3. The highest BCUT2D eigenvalue weighted by Crippen LogP contribution is 2.47. The smallest absolute Gasteiger partial charge is 0.137 e. The standard InChI is InChI=1S/C54H34N2OS/c1-3-16-38(17-4-1)55(41-24-27-46-45-21-11-12-22-51(45)57-52(46)33-41)40-23-26-44-43-20-10-9-15-37(43)30-50(48(44)32-40)56(39-18-5-2-6-19-39)42-25-28-47-49-29-35-13-7-8-14-36(35)31-53(49)58-54(47)34-42/h1-34H. The lowest BCUT2D eigenvalue weighted by atomic mass is 9.97. The summed E-state index contributed by atoms with van der Waals surface area (Å²) in [7, 11) is 0. The van der Waals surface area contributed by atoms with Gasteiger partial charge in [-0.05, 0) is 112 Å². The molecule has 0 aliphatic heterocycles. The molecule has 2 aromatic heterocycles. The molecule has 58 heavy (non-hydrogen) atoms. The lowest BCUT2D eigenvalue weighted by molar-refractivity contribution is 0.669. The molecule has 0 aliphatic rings. The van der Waals surface area contributed by atoms with E-state index in [1.54, 1.807) is 0 Å². The molecule has 0 bridgehead atoms. The molecule has 0 fully saturated rings. The Morgan fingerprint density at radius 2 is 0.845 bits per heavy atom. The Morgan fingerprint density at radius 3 is 1.62 bits per heavy atom. The lowest BCUT2D eigenvalue weighted by Gasteiger charge is -2.29. The fourth-order valence-electron chi connectivity index (χ4n) is 8.87. The number of fused-ring (bicyclic) bond motifs is 10. The van der Waals surface area contributed by atoms with Gasteiger partial charge in [0.05, 0.1) is 5.69 Å². The minimum absolute atomic E-state index is 0.868. The zero-order valence-corrected chi connectivity index (χ0v) is 32.2. The summed E-state index contributed by atoms with van der Waals surface area (Å²) >= 11 is 1.87. The largest absolute Gasteiger partial charge is 0.456 e. The highest BCUT2D eigenvalue weighted by atomic mass is 32.1. The molecule has 0 amide bonds. The van der Waals surface area contributed by atoms with Crippen LogP contribution in [-0.4, -0.2) is 0 Å². The molecule has 0 saturated carbocycles. The van der Waals surface area contributed by atoms with E-state index in [0.717, 1.165) is 61.4 Å². The van der Waals surface area contributed by atoms with Crippen LogP contribution in [0.5, 0.6) is 0 Å². The Bertz CT molecular complexity index is 3530. The van der Waals surface area contributed by atoms with Gasteiger partial charge in [0.2, 0.25) is 0 Å². The van der Waals surface area contributed by atoms with Crippen LogP contribution in [0.3, 0.4) is 0 Å². The third-order valence-electron chi connectivity index (χ3n) is 11.6. The van der Waals surface area contributed by atoms with Crippen LogP contribution in [0.25, 0.3) is 74.4 Å². The topological polar surface area (TPSA) is 19.6 Å². The van der Waals surface area contributed by atoms with Crippen molar-refractivity contribution in [2.75, 3.05) is 9.80 Å². The summed E-state index contributed by atoms with van der Waals surface area (Å²) < 4.78 is 8.99. The first kappa shape index (κ1) is 32.8. The monoisotopic (exact) mass is 758 g/mol. The van der Waals surface area contributed by atoms with Crippen molar-refractivity contribution in [1.82, 2.24) is 0 Å². The predicted octanol–water partition coefficient (Wildman–Crippen LogP) is 16.4. The SMILES string of the molecule is c1ccc(N(c2ccc3c(c2)oc2ccccc23)c2ccc3c(c2)c(N(c2ccccc2)c2ccc4c(c2)sc2cc5ccccc5cc24)cc2ccccc23)cc1. The van der Waals surface area contributed by atoms with Crippen molar-refractivity contribution < 1.29 is 4.42 Å². The van der Waals surface area contributed by atoms with Crippen LogP contribution in [0.2, 0.25) is 0 Å². The lowest BCUT2D eigenvalue weighted by Crippen LogP contribution is -2.12. The molecule has 12 rings (SSSR count). The van der Waals surface area contributed by atoms with Crippen molar-refractivity contribution >= 4 is 120 Å². The molecular formula is C54H34N2OS. The van der Waals surface area contributed by atoms with Gasteiger partial charge in [0.15, 0.2) is 0 Å². The molecule has 0 atom stereocenters. The van der Waals surface area contributed by atoms with Gasteiger partial charge < -0.3 is 14.2 Å². The Kier molecular flexibility index (Phi) is 7.40. The van der Waals surface area contributed by atoms with E-state index in [2.05, 4.69) is 204 Å². The number of thiophene rings is 1. The van der Waals surface area contributed by atoms with Crippen LogP contribution in [0.1, 0.15) is 0 Å². The molecular weight excluding hydrogens is 725 g/mol. The van der Waals surface area contributed by atoms with E-state index >= 15 is 0 Å². The highest BCUT2D eigenvalue weighted by Gasteiger charge is 2.21. The Morgan fingerprint density at radius 1 is 0.293 bits per heavy atom. The number of hydrogen-bond donors (Lipinski definition) is 0. The second-order valence-corrected chi connectivity index (χ2v) is 16.0. The fraction of sp³-hybridized carbons (Fsp3) is 0. The number of para-hydroxylation sites is 3. The number of anilines is 6. The summed E-state index contributed by atoms with van der Waals surface area (Å²) in [4.78, 5) is 4.78. The third kappa shape index (κ3) is 5.27. The first-order chi connectivity index (χ1) is 28.7. The maximum atomic E-state index is 6.42. The van der Waals surface area contributed by atoms with Crippen molar-refractivity contribution in [2.45, 2.75) is 0 Å². The summed E-state index contributed by atoms with van der Waals surface area (Å²) in [6, 6.07) is 74.6. The van der Waals surface area contributed by atoms with Gasteiger partial charge in [-0.1, -0.05) is 115 Å². The Labute approximate surface area is 338 Å². The second kappa shape index (κ2) is 13.1. The van der Waals surface area contributed by atoms with Crippen LogP contribution < -0.4 is 9.80 Å². The molecule has 0 radical (unpaired) electrons. The van der Waals surface area contributed by atoms with E-state index in [4.69, 9.17) is 4.42 Å². The molecule has 12 aromatic rings. The minimum atomic E-state index is 0.868. The average molecular weight is 759 g/mol. The van der Waals surface area contributed by atoms with Crippen LogP contribution >= 0.6 is 11.3 Å². The fourth-order valence-corrected chi connectivity index (χ4v) is 10.0. The number of benzene rings is 10. The van der Waals surface area contributed by atoms with Gasteiger partial charge >= 0.3 is 0 Å². The Hall–Kier alpha value is -7.40. The van der Waals surface area contributed by atoms with Gasteiger partial charge in [0.25, 0.3) is 0 Å². The van der Waals surface area contributed by atoms with Crippen LogP contribution in [-0.2, 0) is 0 Å². The van der Waals surface area contributed by atoms with E-state index in [-0.39, 0.29) is 0 Å². The quantitative estimate of drug-likeness (QED) is 0.157. The summed E-state index contributed by atoms with van der Waals surface area (Å²) in [5.41, 5.74) is 8.26. The predicted molar refractivity (Wildman–Crippen MR) is 248 cm³/mol. The summed E-state index contributed by atoms with van der Waals surface area (Å²) in [6.07, 6.45) is 0. The average Bonchev–Trinajstić information content (AvgIpc) is 3.83. The molecule has 2 heterocycles. The van der Waals surface area contributed by atoms with Gasteiger partial charge in [-0.3, -0.25) is 0 Å². The van der Waals surface area contributed by atoms with Crippen molar-refractivity contribution in [3.8, 4) is 0 Å². The molecule has 0 spiro atoms. The van der Waals surface area contributed by atoms with E-state index in [1.165, 1.54) is 47.1 Å². The van der Waals surface area contributed by atoms with Gasteiger partial charge in [-0.25, -0.2) is 0 Å². The number of hydrogen-bond acceptors (Lipinski definition) is 4. The summed E-state index contributed by atoms with van der Waals surface area (Å²) in [6.45, 7) is 0. The third-order valence-corrected chi connectivity index (χ3v) is 12.7. The highest BCUT2D eigenvalue weighted by molar-refractivity contribution is 7.26. The van der Waals surface area contributed by atoms with Gasteiger partial charge in [-0.2, -0.15) is 0 Å². The number of rotatable bonds is 6. The molecule has 0 aliphatic carbocycles. The molecule has 3 nitrogen and oxygen atoms in total. The van der Waals surface area contributed by atoms with Gasteiger partial charge in [-0.15, -0.1) is 11.3 Å². The molecule has 0 saturated heterocycles. The first-order valence-corrected chi connectivity index (χ1v) is 20.5. The summed E-state index contributed by atoms with van der Waals surface area (Å²) in [5, 5.41) is 12.2. The van der Waals surface area contributed by atoms with Crippen LogP contribution in [0, 0.1) is 0 Å². The molecule has 4 heteroatoms. The molecule has 0 N–H and O–H groups in total. The van der Waals surface area contributed by atoms with Crippen LogP contribution in [0.15, 0.2) is 211 Å². The first-order valence-electron chi connectivity index (χ1n) is 19.7. The van der Waals surface area contributed by atoms with E-state index in [9.17, 15) is 0 Å². The van der Waals surface area contributed by atoms with Crippen molar-refractivity contribution in [2.24, 2.45) is 0 Å².